The average Bonchev–Trinajstić information content (AvgIpc) is 2.86. The van der Waals surface area contributed by atoms with Gasteiger partial charge in [0.05, 0.1) is 6.04 Å². The Labute approximate surface area is 114 Å². The first-order chi connectivity index (χ1) is 9.11. The van der Waals surface area contributed by atoms with Gasteiger partial charge in [-0.1, -0.05) is 0 Å². The molecule has 0 aromatic carbocycles. The highest BCUT2D eigenvalue weighted by atomic mass is 16.2. The summed E-state index contributed by atoms with van der Waals surface area (Å²) in [7, 11) is 1.68. The van der Waals surface area contributed by atoms with Gasteiger partial charge >= 0.3 is 0 Å². The fourth-order valence-electron chi connectivity index (χ4n) is 2.67. The Morgan fingerprint density at radius 1 is 1.63 bits per heavy atom. The molecule has 106 valence electrons. The highest BCUT2D eigenvalue weighted by molar-refractivity contribution is 5.81. The van der Waals surface area contributed by atoms with Gasteiger partial charge in [-0.05, 0) is 39.2 Å². The Balaban J connectivity index is 1.99. The SMILES string of the molecule is CNC(=O)C1CC(Cc2ncnn2C(C)C)CCN1. The number of amides is 1. The molecule has 1 aromatic heterocycles. The molecule has 0 spiro atoms. The second-order valence-electron chi connectivity index (χ2n) is 5.43. The van der Waals surface area contributed by atoms with Gasteiger partial charge in [-0.2, -0.15) is 5.10 Å². The Morgan fingerprint density at radius 3 is 3.11 bits per heavy atom. The lowest BCUT2D eigenvalue weighted by molar-refractivity contribution is -0.123. The maximum atomic E-state index is 11.7. The molecular formula is C13H23N5O. The number of nitrogens with zero attached hydrogens (tertiary/aromatic N) is 3. The van der Waals surface area contributed by atoms with E-state index in [1.54, 1.807) is 13.4 Å². The zero-order chi connectivity index (χ0) is 13.8. The van der Waals surface area contributed by atoms with Crippen LogP contribution in [0.15, 0.2) is 6.33 Å². The molecule has 6 nitrogen and oxygen atoms in total. The van der Waals surface area contributed by atoms with Crippen LogP contribution in [-0.2, 0) is 11.2 Å². The highest BCUT2D eigenvalue weighted by Gasteiger charge is 2.27. The van der Waals surface area contributed by atoms with E-state index in [1.165, 1.54) is 0 Å². The van der Waals surface area contributed by atoms with Crippen molar-refractivity contribution in [2.75, 3.05) is 13.6 Å². The zero-order valence-electron chi connectivity index (χ0n) is 11.9. The van der Waals surface area contributed by atoms with Crippen LogP contribution in [0, 0.1) is 5.92 Å². The van der Waals surface area contributed by atoms with E-state index in [-0.39, 0.29) is 11.9 Å². The van der Waals surface area contributed by atoms with Crippen LogP contribution in [0.4, 0.5) is 0 Å². The Morgan fingerprint density at radius 2 is 2.42 bits per heavy atom. The smallest absolute Gasteiger partial charge is 0.236 e. The summed E-state index contributed by atoms with van der Waals surface area (Å²) >= 11 is 0. The fourth-order valence-corrected chi connectivity index (χ4v) is 2.67. The van der Waals surface area contributed by atoms with Crippen molar-refractivity contribution >= 4 is 5.91 Å². The first-order valence-corrected chi connectivity index (χ1v) is 6.95. The normalized spacial score (nSPS) is 23.6. The molecule has 1 aliphatic rings. The third-order valence-electron chi connectivity index (χ3n) is 3.68. The van der Waals surface area contributed by atoms with Crippen molar-refractivity contribution in [3.8, 4) is 0 Å². The molecule has 1 fully saturated rings. The van der Waals surface area contributed by atoms with Crippen molar-refractivity contribution in [1.82, 2.24) is 25.4 Å². The van der Waals surface area contributed by atoms with Gasteiger partial charge in [-0.15, -0.1) is 0 Å². The standard InChI is InChI=1S/C13H23N5O/c1-9(2)18-12(16-8-17-18)7-10-4-5-15-11(6-10)13(19)14-3/h8-11,15H,4-7H2,1-3H3,(H,14,19). The predicted molar refractivity (Wildman–Crippen MR) is 72.7 cm³/mol. The minimum Gasteiger partial charge on any atom is -0.358 e. The maximum absolute atomic E-state index is 11.7. The molecule has 1 amide bonds. The number of rotatable bonds is 4. The molecule has 2 heterocycles. The van der Waals surface area contributed by atoms with Crippen LogP contribution in [0.2, 0.25) is 0 Å². The van der Waals surface area contributed by atoms with Crippen molar-refractivity contribution in [2.45, 2.75) is 45.2 Å². The number of carbonyl (C=O) groups excluding carboxylic acids is 1. The topological polar surface area (TPSA) is 71.8 Å². The van der Waals surface area contributed by atoms with Crippen LogP contribution in [0.1, 0.15) is 38.6 Å². The molecule has 1 aromatic rings. The number of aromatic nitrogens is 3. The van der Waals surface area contributed by atoms with Gasteiger partial charge < -0.3 is 10.6 Å². The first kappa shape index (κ1) is 14.0. The molecule has 2 N–H and O–H groups in total. The van der Waals surface area contributed by atoms with Crippen molar-refractivity contribution < 1.29 is 4.79 Å². The number of hydrogen-bond donors (Lipinski definition) is 2. The van der Waals surface area contributed by atoms with Crippen LogP contribution >= 0.6 is 0 Å². The molecular weight excluding hydrogens is 242 g/mol. The van der Waals surface area contributed by atoms with Crippen LogP contribution in [0.3, 0.4) is 0 Å². The third kappa shape index (κ3) is 3.32. The van der Waals surface area contributed by atoms with E-state index < -0.39 is 0 Å². The summed E-state index contributed by atoms with van der Waals surface area (Å²) in [4.78, 5) is 16.0. The lowest BCUT2D eigenvalue weighted by atomic mass is 9.89. The summed E-state index contributed by atoms with van der Waals surface area (Å²) in [5, 5.41) is 10.2. The van der Waals surface area contributed by atoms with Gasteiger partial charge in [0.1, 0.15) is 12.2 Å². The molecule has 0 radical (unpaired) electrons. The molecule has 0 bridgehead atoms. The third-order valence-corrected chi connectivity index (χ3v) is 3.68. The van der Waals surface area contributed by atoms with Gasteiger partial charge in [0.2, 0.25) is 5.91 Å². The van der Waals surface area contributed by atoms with Crippen LogP contribution in [0.5, 0.6) is 0 Å². The minimum absolute atomic E-state index is 0.0702. The number of piperidine rings is 1. The highest BCUT2D eigenvalue weighted by Crippen LogP contribution is 2.21. The largest absolute Gasteiger partial charge is 0.358 e. The first-order valence-electron chi connectivity index (χ1n) is 6.95. The van der Waals surface area contributed by atoms with Gasteiger partial charge in [0.15, 0.2) is 0 Å². The van der Waals surface area contributed by atoms with E-state index in [0.29, 0.717) is 12.0 Å². The van der Waals surface area contributed by atoms with Crippen LogP contribution in [-0.4, -0.2) is 40.3 Å². The Bertz CT molecular complexity index is 428. The number of nitrogens with one attached hydrogen (secondary N) is 2. The molecule has 0 aliphatic carbocycles. The van der Waals surface area contributed by atoms with Crippen LogP contribution < -0.4 is 10.6 Å². The molecule has 6 heteroatoms. The summed E-state index contributed by atoms with van der Waals surface area (Å²) in [6.07, 6.45) is 4.46. The quantitative estimate of drug-likeness (QED) is 0.832. The average molecular weight is 265 g/mol. The van der Waals surface area contributed by atoms with Crippen molar-refractivity contribution in [1.29, 1.82) is 0 Å². The summed E-state index contributed by atoms with van der Waals surface area (Å²) in [5.41, 5.74) is 0. The van der Waals surface area contributed by atoms with Crippen molar-refractivity contribution in [2.24, 2.45) is 5.92 Å². The van der Waals surface area contributed by atoms with E-state index >= 15 is 0 Å². The second-order valence-corrected chi connectivity index (χ2v) is 5.43. The second kappa shape index (κ2) is 6.14. The molecule has 1 saturated heterocycles. The lowest BCUT2D eigenvalue weighted by Crippen LogP contribution is -2.48. The molecule has 2 rings (SSSR count). The Kier molecular flexibility index (Phi) is 4.52. The van der Waals surface area contributed by atoms with Gasteiger partial charge in [-0.3, -0.25) is 4.79 Å². The van der Waals surface area contributed by atoms with Crippen LogP contribution in [0.25, 0.3) is 0 Å². The fraction of sp³-hybridized carbons (Fsp3) is 0.769. The molecule has 2 unspecified atom stereocenters. The predicted octanol–water partition coefficient (Wildman–Crippen LogP) is 0.516. The van der Waals surface area contributed by atoms with Gasteiger partial charge in [0.25, 0.3) is 0 Å². The molecule has 0 saturated carbocycles. The maximum Gasteiger partial charge on any atom is 0.236 e. The summed E-state index contributed by atoms with van der Waals surface area (Å²) < 4.78 is 1.97. The Hall–Kier alpha value is -1.43. The van der Waals surface area contributed by atoms with Crippen molar-refractivity contribution in [3.05, 3.63) is 12.2 Å². The zero-order valence-corrected chi connectivity index (χ0v) is 11.9. The lowest BCUT2D eigenvalue weighted by Gasteiger charge is -2.29. The van der Waals surface area contributed by atoms with Gasteiger partial charge in [-0.25, -0.2) is 9.67 Å². The van der Waals surface area contributed by atoms with E-state index in [0.717, 1.165) is 31.6 Å². The van der Waals surface area contributed by atoms with Gasteiger partial charge in [0, 0.05) is 19.5 Å². The number of likely N-dealkylation sites (N-methyl/N-ethyl adjacent to an activating group) is 1. The molecule has 19 heavy (non-hydrogen) atoms. The van der Waals surface area contributed by atoms with E-state index in [4.69, 9.17) is 0 Å². The molecule has 2 atom stereocenters. The van der Waals surface area contributed by atoms with E-state index in [9.17, 15) is 4.79 Å². The van der Waals surface area contributed by atoms with E-state index in [2.05, 4.69) is 34.6 Å². The summed E-state index contributed by atoms with van der Waals surface area (Å²) in [5.74, 6) is 1.60. The van der Waals surface area contributed by atoms with Crippen molar-refractivity contribution in [3.63, 3.8) is 0 Å². The summed E-state index contributed by atoms with van der Waals surface area (Å²) in [6.45, 7) is 5.10. The number of hydrogen-bond acceptors (Lipinski definition) is 4. The van der Waals surface area contributed by atoms with E-state index in [1.807, 2.05) is 4.68 Å². The number of carbonyl (C=O) groups is 1. The monoisotopic (exact) mass is 265 g/mol. The molecule has 1 aliphatic heterocycles. The summed E-state index contributed by atoms with van der Waals surface area (Å²) in [6, 6.07) is 0.258. The minimum atomic E-state index is -0.0702.